The molecule has 0 heterocycles. The van der Waals surface area contributed by atoms with Crippen LogP contribution in [0.25, 0.3) is 0 Å². The van der Waals surface area contributed by atoms with Gasteiger partial charge in [0, 0.05) is 0 Å². The first-order chi connectivity index (χ1) is 12.3. The highest BCUT2D eigenvalue weighted by atomic mass is 32.2. The summed E-state index contributed by atoms with van der Waals surface area (Å²) in [6, 6.07) is 10.8. The van der Waals surface area contributed by atoms with Crippen LogP contribution in [-0.4, -0.2) is 39.8 Å². The van der Waals surface area contributed by atoms with Gasteiger partial charge in [0.15, 0.2) is 0 Å². The van der Waals surface area contributed by atoms with E-state index in [1.807, 2.05) is 6.92 Å². The highest BCUT2D eigenvalue weighted by Gasteiger charge is 2.29. The highest BCUT2D eigenvalue weighted by molar-refractivity contribution is 7.92. The van der Waals surface area contributed by atoms with Gasteiger partial charge in [0.1, 0.15) is 18.0 Å². The van der Waals surface area contributed by atoms with Crippen molar-refractivity contribution in [1.82, 2.24) is 0 Å². The first kappa shape index (κ1) is 19.6. The number of nitrogens with zero attached hydrogens (tertiary/aromatic N) is 1. The second kappa shape index (κ2) is 8.09. The van der Waals surface area contributed by atoms with E-state index in [1.54, 1.807) is 25.1 Å². The van der Waals surface area contributed by atoms with Crippen LogP contribution in [-0.2, 0) is 14.8 Å². The molecule has 7 nitrogen and oxygen atoms in total. The minimum atomic E-state index is -4.11. The van der Waals surface area contributed by atoms with Crippen molar-refractivity contribution in [3.8, 4) is 11.5 Å². The van der Waals surface area contributed by atoms with Crippen molar-refractivity contribution >= 4 is 21.7 Å². The summed E-state index contributed by atoms with van der Waals surface area (Å²) in [7, 11) is -2.71. The van der Waals surface area contributed by atoms with Crippen molar-refractivity contribution in [3.05, 3.63) is 48.0 Å². The summed E-state index contributed by atoms with van der Waals surface area (Å²) in [5.41, 5.74) is 0.946. The predicted octanol–water partition coefficient (Wildman–Crippen LogP) is 2.68. The van der Waals surface area contributed by atoms with E-state index < -0.39 is 22.5 Å². The maximum absolute atomic E-state index is 13.1. The number of carboxylic acids is 1. The lowest BCUT2D eigenvalue weighted by Crippen LogP contribution is -2.36. The molecule has 0 aliphatic heterocycles. The first-order valence-electron chi connectivity index (χ1n) is 7.91. The van der Waals surface area contributed by atoms with Gasteiger partial charge in [-0.2, -0.15) is 0 Å². The molecular formula is C18H21NO6S. The molecule has 140 valence electrons. The molecule has 0 radical (unpaired) electrons. The fraction of sp³-hybridized carbons (Fsp3) is 0.278. The second-order valence-electron chi connectivity index (χ2n) is 5.49. The van der Waals surface area contributed by atoms with Crippen molar-refractivity contribution in [2.45, 2.75) is 18.7 Å². The number of aliphatic carboxylic acids is 1. The Morgan fingerprint density at radius 2 is 1.81 bits per heavy atom. The fourth-order valence-corrected chi connectivity index (χ4v) is 3.84. The van der Waals surface area contributed by atoms with Gasteiger partial charge in [0.25, 0.3) is 10.0 Å². The maximum atomic E-state index is 13.1. The fourth-order valence-electron chi connectivity index (χ4n) is 2.42. The van der Waals surface area contributed by atoms with E-state index in [0.717, 1.165) is 9.87 Å². The summed E-state index contributed by atoms with van der Waals surface area (Å²) in [5, 5.41) is 9.24. The van der Waals surface area contributed by atoms with E-state index in [2.05, 4.69) is 0 Å². The zero-order valence-electron chi connectivity index (χ0n) is 14.8. The lowest BCUT2D eigenvalue weighted by atomic mass is 10.2. The van der Waals surface area contributed by atoms with Crippen LogP contribution in [0.1, 0.15) is 12.5 Å². The molecule has 0 unspecified atom stereocenters. The normalized spacial score (nSPS) is 11.0. The largest absolute Gasteiger partial charge is 0.495 e. The molecule has 1 N–H and O–H groups in total. The van der Waals surface area contributed by atoms with Gasteiger partial charge in [-0.25, -0.2) is 8.42 Å². The average Bonchev–Trinajstić information content (AvgIpc) is 2.60. The molecular weight excluding hydrogens is 358 g/mol. The quantitative estimate of drug-likeness (QED) is 0.758. The van der Waals surface area contributed by atoms with Gasteiger partial charge in [0.2, 0.25) is 0 Å². The predicted molar refractivity (Wildman–Crippen MR) is 97.5 cm³/mol. The zero-order chi connectivity index (χ0) is 19.3. The molecule has 0 amide bonds. The topological polar surface area (TPSA) is 93.1 Å². The summed E-state index contributed by atoms with van der Waals surface area (Å²) in [5.74, 6) is -0.473. The Bertz CT molecular complexity index is 877. The smallest absolute Gasteiger partial charge is 0.324 e. The lowest BCUT2D eigenvalue weighted by molar-refractivity contribution is -0.135. The summed E-state index contributed by atoms with van der Waals surface area (Å²) in [6.45, 7) is 3.34. The summed E-state index contributed by atoms with van der Waals surface area (Å²) in [4.78, 5) is 11.3. The Morgan fingerprint density at radius 1 is 1.15 bits per heavy atom. The number of benzene rings is 2. The van der Waals surface area contributed by atoms with Gasteiger partial charge >= 0.3 is 5.97 Å². The van der Waals surface area contributed by atoms with Gasteiger partial charge in [-0.1, -0.05) is 6.07 Å². The number of ether oxygens (including phenoxy) is 2. The summed E-state index contributed by atoms with van der Waals surface area (Å²) in [6.07, 6.45) is 0. The molecule has 0 atom stereocenters. The van der Waals surface area contributed by atoms with Crippen LogP contribution in [0.5, 0.6) is 11.5 Å². The third-order valence-electron chi connectivity index (χ3n) is 3.60. The SMILES string of the molecule is CCOc1ccc(S(=O)(=O)N(CC(=O)O)c2cc(C)ccc2OC)cc1. The molecule has 0 aliphatic carbocycles. The molecule has 0 aromatic heterocycles. The van der Waals surface area contributed by atoms with E-state index >= 15 is 0 Å². The van der Waals surface area contributed by atoms with Crippen molar-refractivity contribution in [3.63, 3.8) is 0 Å². The monoisotopic (exact) mass is 379 g/mol. The number of hydrogen-bond acceptors (Lipinski definition) is 5. The minimum Gasteiger partial charge on any atom is -0.495 e. The van der Waals surface area contributed by atoms with E-state index in [0.29, 0.717) is 12.4 Å². The molecule has 0 spiro atoms. The van der Waals surface area contributed by atoms with Crippen LogP contribution >= 0.6 is 0 Å². The van der Waals surface area contributed by atoms with Gasteiger partial charge in [-0.05, 0) is 55.8 Å². The van der Waals surface area contributed by atoms with Crippen molar-refractivity contribution in [2.75, 3.05) is 24.6 Å². The number of sulfonamides is 1. The number of hydrogen-bond donors (Lipinski definition) is 1. The Balaban J connectivity index is 2.55. The van der Waals surface area contributed by atoms with E-state index in [1.165, 1.54) is 31.4 Å². The number of rotatable bonds is 8. The van der Waals surface area contributed by atoms with Crippen molar-refractivity contribution in [2.24, 2.45) is 0 Å². The Kier molecular flexibility index (Phi) is 6.10. The van der Waals surface area contributed by atoms with Gasteiger partial charge in [-0.15, -0.1) is 0 Å². The third-order valence-corrected chi connectivity index (χ3v) is 5.38. The molecule has 2 rings (SSSR count). The van der Waals surface area contributed by atoms with Gasteiger partial charge < -0.3 is 14.6 Å². The van der Waals surface area contributed by atoms with Crippen LogP contribution in [0, 0.1) is 6.92 Å². The lowest BCUT2D eigenvalue weighted by Gasteiger charge is -2.25. The first-order valence-corrected chi connectivity index (χ1v) is 9.35. The molecule has 0 fully saturated rings. The van der Waals surface area contributed by atoms with E-state index in [9.17, 15) is 18.3 Å². The molecule has 0 saturated heterocycles. The number of aryl methyl sites for hydroxylation is 1. The molecule has 0 saturated carbocycles. The molecule has 2 aromatic carbocycles. The number of anilines is 1. The van der Waals surface area contributed by atoms with Crippen LogP contribution in [0.4, 0.5) is 5.69 Å². The zero-order valence-corrected chi connectivity index (χ0v) is 15.6. The summed E-state index contributed by atoms with van der Waals surface area (Å²) < 4.78 is 37.5. The number of carbonyl (C=O) groups is 1. The van der Waals surface area contributed by atoms with Crippen molar-refractivity contribution < 1.29 is 27.8 Å². The van der Waals surface area contributed by atoms with Gasteiger partial charge in [0.05, 0.1) is 24.3 Å². The average molecular weight is 379 g/mol. The van der Waals surface area contributed by atoms with E-state index in [4.69, 9.17) is 9.47 Å². The Labute approximate surface area is 152 Å². The van der Waals surface area contributed by atoms with Crippen LogP contribution in [0.15, 0.2) is 47.4 Å². The number of carboxylic acid groups (broad SMARTS) is 1. The molecule has 26 heavy (non-hydrogen) atoms. The molecule has 0 bridgehead atoms. The van der Waals surface area contributed by atoms with Crippen LogP contribution in [0.2, 0.25) is 0 Å². The van der Waals surface area contributed by atoms with Crippen molar-refractivity contribution in [1.29, 1.82) is 0 Å². The second-order valence-corrected chi connectivity index (χ2v) is 7.35. The summed E-state index contributed by atoms with van der Waals surface area (Å²) >= 11 is 0. The van der Waals surface area contributed by atoms with Crippen LogP contribution < -0.4 is 13.8 Å². The van der Waals surface area contributed by atoms with Crippen LogP contribution in [0.3, 0.4) is 0 Å². The minimum absolute atomic E-state index is 0.0363. The molecule has 8 heteroatoms. The Morgan fingerprint density at radius 3 is 2.35 bits per heavy atom. The van der Waals surface area contributed by atoms with Gasteiger partial charge in [-0.3, -0.25) is 9.10 Å². The maximum Gasteiger partial charge on any atom is 0.324 e. The third kappa shape index (κ3) is 4.26. The highest BCUT2D eigenvalue weighted by Crippen LogP contribution is 2.33. The van der Waals surface area contributed by atoms with E-state index in [-0.39, 0.29) is 16.3 Å². The Hall–Kier alpha value is -2.74. The molecule has 2 aromatic rings. The number of methoxy groups -OCH3 is 1. The molecule has 0 aliphatic rings. The standard InChI is InChI=1S/C18H21NO6S/c1-4-25-14-6-8-15(9-7-14)26(22,23)19(12-18(20)21)16-11-13(2)5-10-17(16)24-3/h5-11H,4,12H2,1-3H3,(H,20,21).